The van der Waals surface area contributed by atoms with E-state index in [2.05, 4.69) is 4.90 Å². The average molecular weight is 374 g/mol. The number of sulfonamides is 1. The molecule has 1 aliphatic rings. The minimum Gasteiger partial charge on any atom is -0.339 e. The third kappa shape index (κ3) is 3.91. The maximum atomic E-state index is 12.8. The minimum atomic E-state index is -3.62. The predicted octanol–water partition coefficient (Wildman–Crippen LogP) is 1.76. The summed E-state index contributed by atoms with van der Waals surface area (Å²) in [4.78, 5) is 16.4. The summed E-state index contributed by atoms with van der Waals surface area (Å²) in [6, 6.07) is 4.35. The van der Waals surface area contributed by atoms with Crippen LogP contribution >= 0.6 is 11.6 Å². The molecular formula is C16H24ClN3O3S. The maximum Gasteiger partial charge on any atom is 0.255 e. The topological polar surface area (TPSA) is 60.9 Å². The van der Waals surface area contributed by atoms with Crippen LogP contribution in [-0.2, 0) is 10.0 Å². The van der Waals surface area contributed by atoms with E-state index in [1.54, 1.807) is 4.90 Å². The molecule has 1 aromatic rings. The molecule has 0 bridgehead atoms. The van der Waals surface area contributed by atoms with Crippen molar-refractivity contribution in [1.29, 1.82) is 0 Å². The molecular weight excluding hydrogens is 350 g/mol. The van der Waals surface area contributed by atoms with Crippen LogP contribution in [0.25, 0.3) is 0 Å². The number of carbonyl (C=O) groups excluding carboxylic acids is 1. The first-order valence-corrected chi connectivity index (χ1v) is 9.90. The van der Waals surface area contributed by atoms with Gasteiger partial charge in [-0.25, -0.2) is 8.42 Å². The first kappa shape index (κ1) is 19.2. The monoisotopic (exact) mass is 373 g/mol. The fraction of sp³-hybridized carbons (Fsp3) is 0.562. The third-order valence-electron chi connectivity index (χ3n) is 4.32. The fourth-order valence-corrected chi connectivity index (χ4v) is 4.33. The summed E-state index contributed by atoms with van der Waals surface area (Å²) in [6.45, 7) is 7.11. The molecule has 8 heteroatoms. The largest absolute Gasteiger partial charge is 0.339 e. The summed E-state index contributed by atoms with van der Waals surface area (Å²) in [7, 11) is -1.65. The molecule has 0 radical (unpaired) electrons. The number of benzene rings is 1. The van der Waals surface area contributed by atoms with Crippen LogP contribution in [0.1, 0.15) is 24.2 Å². The van der Waals surface area contributed by atoms with E-state index in [1.165, 1.54) is 22.5 Å². The second kappa shape index (κ2) is 7.82. The summed E-state index contributed by atoms with van der Waals surface area (Å²) in [5.74, 6) is -0.250. The predicted molar refractivity (Wildman–Crippen MR) is 95.0 cm³/mol. The number of hydrogen-bond acceptors (Lipinski definition) is 4. The van der Waals surface area contributed by atoms with Gasteiger partial charge in [0.2, 0.25) is 10.0 Å². The van der Waals surface area contributed by atoms with Gasteiger partial charge < -0.3 is 9.80 Å². The molecule has 0 aliphatic carbocycles. The van der Waals surface area contributed by atoms with Crippen LogP contribution in [0.15, 0.2) is 23.1 Å². The highest BCUT2D eigenvalue weighted by atomic mass is 35.5. The Morgan fingerprint density at radius 2 is 1.75 bits per heavy atom. The van der Waals surface area contributed by atoms with Crippen LogP contribution < -0.4 is 0 Å². The number of carbonyl (C=O) groups is 1. The summed E-state index contributed by atoms with van der Waals surface area (Å²) < 4.78 is 27.1. The van der Waals surface area contributed by atoms with Crippen LogP contribution in [-0.4, -0.2) is 74.7 Å². The lowest BCUT2D eigenvalue weighted by atomic mass is 10.2. The molecule has 0 atom stereocenters. The molecule has 2 rings (SSSR count). The Bertz CT molecular complexity index is 697. The van der Waals surface area contributed by atoms with E-state index in [0.717, 1.165) is 0 Å². The SMILES string of the molecule is CCN(CC)C(=O)c1cc(S(=O)(=O)N2CCN(C)CC2)ccc1Cl. The van der Waals surface area contributed by atoms with Crippen molar-refractivity contribution in [3.8, 4) is 0 Å². The lowest BCUT2D eigenvalue weighted by Crippen LogP contribution is -2.47. The van der Waals surface area contributed by atoms with Crippen molar-refractivity contribution in [1.82, 2.24) is 14.1 Å². The lowest BCUT2D eigenvalue weighted by molar-refractivity contribution is 0.0773. The van der Waals surface area contributed by atoms with E-state index in [9.17, 15) is 13.2 Å². The van der Waals surface area contributed by atoms with Gasteiger partial charge in [-0.3, -0.25) is 4.79 Å². The Balaban J connectivity index is 2.35. The second-order valence-corrected chi connectivity index (χ2v) is 8.17. The smallest absolute Gasteiger partial charge is 0.255 e. The van der Waals surface area contributed by atoms with E-state index in [-0.39, 0.29) is 21.4 Å². The van der Waals surface area contributed by atoms with Crippen LogP contribution in [0.2, 0.25) is 5.02 Å². The van der Waals surface area contributed by atoms with Gasteiger partial charge >= 0.3 is 0 Å². The van der Waals surface area contributed by atoms with E-state index >= 15 is 0 Å². The number of likely N-dealkylation sites (N-methyl/N-ethyl adjacent to an activating group) is 1. The third-order valence-corrected chi connectivity index (χ3v) is 6.54. The Hall–Kier alpha value is -1.15. The Morgan fingerprint density at radius 3 is 2.29 bits per heavy atom. The number of nitrogens with zero attached hydrogens (tertiary/aromatic N) is 3. The normalized spacial score (nSPS) is 17.0. The molecule has 24 heavy (non-hydrogen) atoms. The van der Waals surface area contributed by atoms with E-state index in [0.29, 0.717) is 39.3 Å². The molecule has 0 N–H and O–H groups in total. The molecule has 0 saturated carbocycles. The van der Waals surface area contributed by atoms with Crippen molar-refractivity contribution in [2.45, 2.75) is 18.7 Å². The van der Waals surface area contributed by atoms with Crippen molar-refractivity contribution in [2.75, 3.05) is 46.3 Å². The van der Waals surface area contributed by atoms with Gasteiger partial charge in [0.25, 0.3) is 5.91 Å². The Labute approximate surface area is 149 Å². The quantitative estimate of drug-likeness (QED) is 0.789. The summed E-state index contributed by atoms with van der Waals surface area (Å²) in [6.07, 6.45) is 0. The van der Waals surface area contributed by atoms with Crippen LogP contribution in [0.3, 0.4) is 0 Å². The Morgan fingerprint density at radius 1 is 1.17 bits per heavy atom. The fourth-order valence-electron chi connectivity index (χ4n) is 2.69. The van der Waals surface area contributed by atoms with Gasteiger partial charge in [-0.1, -0.05) is 11.6 Å². The van der Waals surface area contributed by atoms with E-state index < -0.39 is 10.0 Å². The number of amides is 1. The average Bonchev–Trinajstić information content (AvgIpc) is 2.56. The highest BCUT2D eigenvalue weighted by molar-refractivity contribution is 7.89. The standard InChI is InChI=1S/C16H24ClN3O3S/c1-4-19(5-2)16(21)14-12-13(6-7-15(14)17)24(22,23)20-10-8-18(3)9-11-20/h6-7,12H,4-5,8-11H2,1-3H3. The zero-order valence-electron chi connectivity index (χ0n) is 14.3. The van der Waals surface area contributed by atoms with E-state index in [1.807, 2.05) is 20.9 Å². The van der Waals surface area contributed by atoms with Gasteiger partial charge in [-0.15, -0.1) is 0 Å². The number of rotatable bonds is 5. The summed E-state index contributed by atoms with van der Waals surface area (Å²) in [5.41, 5.74) is 0.232. The summed E-state index contributed by atoms with van der Waals surface area (Å²) >= 11 is 6.14. The molecule has 1 fully saturated rings. The number of hydrogen-bond donors (Lipinski definition) is 0. The lowest BCUT2D eigenvalue weighted by Gasteiger charge is -2.31. The van der Waals surface area contributed by atoms with Crippen molar-refractivity contribution in [3.05, 3.63) is 28.8 Å². The van der Waals surface area contributed by atoms with E-state index in [4.69, 9.17) is 11.6 Å². The highest BCUT2D eigenvalue weighted by Crippen LogP contribution is 2.25. The number of piperazine rings is 1. The summed E-state index contributed by atoms with van der Waals surface area (Å²) in [5, 5.41) is 0.268. The van der Waals surface area contributed by atoms with Gasteiger partial charge in [0.15, 0.2) is 0 Å². The van der Waals surface area contributed by atoms with Gasteiger partial charge in [-0.2, -0.15) is 4.31 Å². The molecule has 134 valence electrons. The van der Waals surface area contributed by atoms with Crippen molar-refractivity contribution in [2.24, 2.45) is 0 Å². The maximum absolute atomic E-state index is 12.8. The molecule has 1 saturated heterocycles. The molecule has 1 aromatic carbocycles. The number of halogens is 1. The van der Waals surface area contributed by atoms with Crippen LogP contribution in [0, 0.1) is 0 Å². The van der Waals surface area contributed by atoms with Crippen LogP contribution in [0.4, 0.5) is 0 Å². The van der Waals surface area contributed by atoms with Crippen molar-refractivity contribution < 1.29 is 13.2 Å². The second-order valence-electron chi connectivity index (χ2n) is 5.83. The van der Waals surface area contributed by atoms with Gasteiger partial charge in [0, 0.05) is 39.3 Å². The molecule has 1 heterocycles. The molecule has 1 amide bonds. The molecule has 6 nitrogen and oxygen atoms in total. The molecule has 1 aliphatic heterocycles. The molecule has 0 spiro atoms. The van der Waals surface area contributed by atoms with Gasteiger partial charge in [0.05, 0.1) is 15.5 Å². The highest BCUT2D eigenvalue weighted by Gasteiger charge is 2.29. The molecule has 0 aromatic heterocycles. The first-order chi connectivity index (χ1) is 11.3. The van der Waals surface area contributed by atoms with Crippen LogP contribution in [0.5, 0.6) is 0 Å². The van der Waals surface area contributed by atoms with Crippen molar-refractivity contribution in [3.63, 3.8) is 0 Å². The first-order valence-electron chi connectivity index (χ1n) is 8.08. The molecule has 0 unspecified atom stereocenters. The zero-order valence-corrected chi connectivity index (χ0v) is 15.9. The minimum absolute atomic E-state index is 0.118. The van der Waals surface area contributed by atoms with Gasteiger partial charge in [-0.05, 0) is 39.1 Å². The van der Waals surface area contributed by atoms with Gasteiger partial charge in [0.1, 0.15) is 0 Å². The zero-order chi connectivity index (χ0) is 17.9. The van der Waals surface area contributed by atoms with Crippen molar-refractivity contribution >= 4 is 27.5 Å². The Kier molecular flexibility index (Phi) is 6.25.